The Morgan fingerprint density at radius 1 is 1.19 bits per heavy atom. The SMILES string of the molecule is C=C/C=C(\C=C/C)CN1CCCCC1NNC1Cc2ccccc2C1.CP. The number of hydrazine groups is 1. The molecule has 2 atom stereocenters. The average molecular weight is 386 g/mol. The first-order chi connectivity index (χ1) is 13.3. The van der Waals surface area contributed by atoms with E-state index in [4.69, 9.17) is 0 Å². The third-order valence-corrected chi connectivity index (χ3v) is 5.22. The van der Waals surface area contributed by atoms with Crippen molar-refractivity contribution in [2.45, 2.75) is 51.2 Å². The summed E-state index contributed by atoms with van der Waals surface area (Å²) in [7, 11) is 2.42. The van der Waals surface area contributed by atoms with Gasteiger partial charge in [0, 0.05) is 19.1 Å². The van der Waals surface area contributed by atoms with Gasteiger partial charge in [-0.15, -0.1) is 9.24 Å². The van der Waals surface area contributed by atoms with Crippen molar-refractivity contribution in [3.63, 3.8) is 0 Å². The predicted octanol–water partition coefficient (Wildman–Crippen LogP) is 4.24. The number of hydrogen-bond donors (Lipinski definition) is 2. The van der Waals surface area contributed by atoms with Crippen LogP contribution in [0.15, 0.2) is 60.7 Å². The largest absolute Gasteiger partial charge is 0.283 e. The minimum Gasteiger partial charge on any atom is -0.283 e. The van der Waals surface area contributed by atoms with Crippen molar-refractivity contribution >= 4 is 9.24 Å². The molecule has 0 bridgehead atoms. The highest BCUT2D eigenvalue weighted by Crippen LogP contribution is 2.22. The fraction of sp³-hybridized carbons (Fsp3) is 0.478. The van der Waals surface area contributed by atoms with Crippen molar-refractivity contribution in [3.05, 3.63) is 71.8 Å². The number of likely N-dealkylation sites (tertiary alicyclic amines) is 1. The van der Waals surface area contributed by atoms with E-state index in [-0.39, 0.29) is 0 Å². The van der Waals surface area contributed by atoms with Gasteiger partial charge in [-0.2, -0.15) is 0 Å². The highest BCUT2D eigenvalue weighted by atomic mass is 31.0. The molecule has 1 heterocycles. The lowest BCUT2D eigenvalue weighted by atomic mass is 10.1. The van der Waals surface area contributed by atoms with Gasteiger partial charge in [0.25, 0.3) is 0 Å². The van der Waals surface area contributed by atoms with E-state index in [2.05, 4.69) is 81.0 Å². The first-order valence-corrected chi connectivity index (χ1v) is 11.3. The minimum atomic E-state index is 0.399. The molecular weight excluding hydrogens is 349 g/mol. The van der Waals surface area contributed by atoms with Crippen LogP contribution in [0, 0.1) is 0 Å². The third-order valence-electron chi connectivity index (χ3n) is 5.22. The fourth-order valence-corrected chi connectivity index (χ4v) is 3.98. The Bertz CT molecular complexity index is 613. The van der Waals surface area contributed by atoms with Gasteiger partial charge in [-0.25, -0.2) is 5.43 Å². The van der Waals surface area contributed by atoms with Gasteiger partial charge in [0.1, 0.15) is 0 Å². The maximum absolute atomic E-state index is 3.85. The van der Waals surface area contributed by atoms with Crippen LogP contribution in [0.2, 0.25) is 0 Å². The number of benzene rings is 1. The summed E-state index contributed by atoms with van der Waals surface area (Å²) in [5, 5.41) is 0. The molecule has 0 aromatic heterocycles. The Morgan fingerprint density at radius 2 is 1.89 bits per heavy atom. The summed E-state index contributed by atoms with van der Waals surface area (Å²) in [6, 6.07) is 9.30. The number of piperidine rings is 1. The molecule has 1 aliphatic heterocycles. The van der Waals surface area contributed by atoms with E-state index in [1.165, 1.54) is 36.0 Å². The van der Waals surface area contributed by atoms with Crippen LogP contribution in [0.3, 0.4) is 0 Å². The summed E-state index contributed by atoms with van der Waals surface area (Å²) < 4.78 is 0. The van der Waals surface area contributed by atoms with E-state index in [0.717, 1.165) is 25.9 Å². The Hall–Kier alpha value is -1.25. The first kappa shape index (κ1) is 22.0. The molecule has 0 saturated carbocycles. The summed E-state index contributed by atoms with van der Waals surface area (Å²) in [6.07, 6.45) is 14.7. The van der Waals surface area contributed by atoms with Gasteiger partial charge < -0.3 is 0 Å². The molecule has 0 amide bonds. The topological polar surface area (TPSA) is 27.3 Å². The predicted molar refractivity (Wildman–Crippen MR) is 122 cm³/mol. The summed E-state index contributed by atoms with van der Waals surface area (Å²) in [6.45, 7) is 9.96. The molecule has 148 valence electrons. The highest BCUT2D eigenvalue weighted by Gasteiger charge is 2.25. The number of nitrogens with one attached hydrogen (secondary N) is 2. The fourth-order valence-electron chi connectivity index (χ4n) is 3.98. The zero-order valence-electron chi connectivity index (χ0n) is 17.0. The Kier molecular flexibility index (Phi) is 10.0. The standard InChI is InChI=1S/C22H31N3.CH5P/c1-3-9-18(10-4-2)17-25-14-8-7-13-22(25)24-23-21-15-19-11-5-6-12-20(19)16-21;1-2/h3-6,9-12,21-24H,1,7-8,13-17H2,2H3;2H2,1H3/b10-4-,18-9+;. The summed E-state index contributed by atoms with van der Waals surface area (Å²) >= 11 is 0. The van der Waals surface area contributed by atoms with E-state index in [9.17, 15) is 0 Å². The van der Waals surface area contributed by atoms with E-state index < -0.39 is 0 Å². The van der Waals surface area contributed by atoms with Gasteiger partial charge in [0.15, 0.2) is 0 Å². The van der Waals surface area contributed by atoms with Crippen LogP contribution >= 0.6 is 9.24 Å². The van der Waals surface area contributed by atoms with E-state index in [1.807, 2.05) is 12.7 Å². The lowest BCUT2D eigenvalue weighted by Gasteiger charge is -2.37. The van der Waals surface area contributed by atoms with Crippen LogP contribution in [0.5, 0.6) is 0 Å². The molecule has 27 heavy (non-hydrogen) atoms. The van der Waals surface area contributed by atoms with Crippen LogP contribution in [0.25, 0.3) is 0 Å². The van der Waals surface area contributed by atoms with Gasteiger partial charge in [0.05, 0.1) is 6.17 Å². The van der Waals surface area contributed by atoms with Crippen LogP contribution in [-0.2, 0) is 12.8 Å². The zero-order valence-corrected chi connectivity index (χ0v) is 18.1. The van der Waals surface area contributed by atoms with Crippen molar-refractivity contribution < 1.29 is 0 Å². The van der Waals surface area contributed by atoms with Gasteiger partial charge in [-0.1, -0.05) is 61.8 Å². The second kappa shape index (κ2) is 12.3. The molecule has 1 aliphatic carbocycles. The molecule has 0 radical (unpaired) electrons. The molecule has 1 aromatic rings. The molecule has 4 heteroatoms. The molecule has 2 aliphatic rings. The molecule has 1 fully saturated rings. The van der Waals surface area contributed by atoms with Crippen LogP contribution < -0.4 is 10.9 Å². The summed E-state index contributed by atoms with van der Waals surface area (Å²) in [5.74, 6) is 0. The van der Waals surface area contributed by atoms with Gasteiger partial charge in [-0.05, 0) is 55.7 Å². The van der Waals surface area contributed by atoms with E-state index in [0.29, 0.717) is 12.2 Å². The van der Waals surface area contributed by atoms with Crippen molar-refractivity contribution in [3.8, 4) is 0 Å². The summed E-state index contributed by atoms with van der Waals surface area (Å²) in [4.78, 5) is 2.55. The molecule has 2 N–H and O–H groups in total. The molecule has 0 spiro atoms. The second-order valence-electron chi connectivity index (χ2n) is 7.12. The highest BCUT2D eigenvalue weighted by molar-refractivity contribution is 7.15. The van der Waals surface area contributed by atoms with Crippen molar-refractivity contribution in [2.75, 3.05) is 19.8 Å². The van der Waals surface area contributed by atoms with Crippen molar-refractivity contribution in [1.82, 2.24) is 15.8 Å². The molecular formula is C23H36N3P. The Balaban J connectivity index is 0.00000126. The minimum absolute atomic E-state index is 0.399. The maximum Gasteiger partial charge on any atom is 0.0731 e. The van der Waals surface area contributed by atoms with Crippen molar-refractivity contribution in [1.29, 1.82) is 0 Å². The lowest BCUT2D eigenvalue weighted by Crippen LogP contribution is -2.56. The second-order valence-corrected chi connectivity index (χ2v) is 7.12. The molecule has 3 nitrogen and oxygen atoms in total. The van der Waals surface area contributed by atoms with Crippen molar-refractivity contribution in [2.24, 2.45) is 0 Å². The maximum atomic E-state index is 3.85. The molecule has 2 unspecified atom stereocenters. The van der Waals surface area contributed by atoms with E-state index in [1.54, 1.807) is 0 Å². The third kappa shape index (κ3) is 6.69. The first-order valence-electron chi connectivity index (χ1n) is 10.1. The van der Waals surface area contributed by atoms with E-state index >= 15 is 0 Å². The molecule has 1 aromatic carbocycles. The number of rotatable bonds is 7. The molecule has 1 saturated heterocycles. The van der Waals surface area contributed by atoms with Crippen LogP contribution in [0.1, 0.15) is 37.3 Å². The number of nitrogens with zero attached hydrogens (tertiary/aromatic N) is 1. The van der Waals surface area contributed by atoms with Gasteiger partial charge in [0.2, 0.25) is 0 Å². The lowest BCUT2D eigenvalue weighted by molar-refractivity contribution is 0.113. The quantitative estimate of drug-likeness (QED) is 0.418. The number of allylic oxidation sites excluding steroid dienone is 3. The number of hydrogen-bond acceptors (Lipinski definition) is 3. The Labute approximate surface area is 168 Å². The monoisotopic (exact) mass is 385 g/mol. The average Bonchev–Trinajstić information content (AvgIpc) is 3.12. The normalized spacial score (nSPS) is 21.0. The van der Waals surface area contributed by atoms with Crippen LogP contribution in [-0.4, -0.2) is 36.9 Å². The molecule has 3 rings (SSSR count). The summed E-state index contributed by atoms with van der Waals surface area (Å²) in [5.41, 5.74) is 11.6. The van der Waals surface area contributed by atoms with Gasteiger partial charge in [-0.3, -0.25) is 10.3 Å². The van der Waals surface area contributed by atoms with Gasteiger partial charge >= 0.3 is 0 Å². The number of fused-ring (bicyclic) bond motifs is 1. The smallest absolute Gasteiger partial charge is 0.0731 e. The Morgan fingerprint density at radius 3 is 2.52 bits per heavy atom. The zero-order chi connectivity index (χ0) is 19.5. The van der Waals surface area contributed by atoms with Crippen LogP contribution in [0.4, 0.5) is 0 Å².